The van der Waals surface area contributed by atoms with Gasteiger partial charge in [0.25, 0.3) is 0 Å². The van der Waals surface area contributed by atoms with E-state index in [0.717, 1.165) is 5.69 Å². The van der Waals surface area contributed by atoms with Crippen LogP contribution in [0, 0.1) is 0 Å². The second-order valence-electron chi connectivity index (χ2n) is 3.97. The van der Waals surface area contributed by atoms with Crippen LogP contribution in [0.15, 0.2) is 61.2 Å². The van der Waals surface area contributed by atoms with Gasteiger partial charge in [-0.2, -0.15) is 4.98 Å². The van der Waals surface area contributed by atoms with E-state index in [-0.39, 0.29) is 0 Å². The van der Waals surface area contributed by atoms with Crippen LogP contribution in [0.3, 0.4) is 0 Å². The summed E-state index contributed by atoms with van der Waals surface area (Å²) in [5, 5.41) is 6.20. The summed E-state index contributed by atoms with van der Waals surface area (Å²) in [5.74, 6) is 1.77. The summed E-state index contributed by atoms with van der Waals surface area (Å²) in [4.78, 5) is 16.6. The van der Waals surface area contributed by atoms with E-state index in [9.17, 15) is 0 Å². The highest BCUT2D eigenvalue weighted by atomic mass is 15.2. The molecule has 1 aromatic carbocycles. The Labute approximate surface area is 116 Å². The number of hydrogen-bond acceptors (Lipinski definition) is 6. The minimum Gasteiger partial charge on any atom is -0.340 e. The second-order valence-corrected chi connectivity index (χ2v) is 3.97. The van der Waals surface area contributed by atoms with Gasteiger partial charge >= 0.3 is 0 Å². The molecular weight excluding hydrogens is 252 g/mol. The molecule has 0 fully saturated rings. The van der Waals surface area contributed by atoms with Gasteiger partial charge in [-0.15, -0.1) is 0 Å². The van der Waals surface area contributed by atoms with Crippen LogP contribution in [0.5, 0.6) is 0 Å². The zero-order valence-electron chi connectivity index (χ0n) is 10.6. The molecule has 0 aliphatic carbocycles. The van der Waals surface area contributed by atoms with Crippen molar-refractivity contribution in [1.82, 2.24) is 19.9 Å². The Hall–Kier alpha value is -3.02. The Balaban J connectivity index is 1.76. The van der Waals surface area contributed by atoms with E-state index in [2.05, 4.69) is 30.6 Å². The third kappa shape index (κ3) is 3.05. The highest BCUT2D eigenvalue weighted by Crippen LogP contribution is 2.15. The molecule has 2 aromatic heterocycles. The van der Waals surface area contributed by atoms with Gasteiger partial charge < -0.3 is 10.6 Å². The van der Waals surface area contributed by atoms with E-state index in [1.165, 1.54) is 0 Å². The van der Waals surface area contributed by atoms with Gasteiger partial charge in [0.2, 0.25) is 5.95 Å². The Morgan fingerprint density at radius 2 is 1.65 bits per heavy atom. The van der Waals surface area contributed by atoms with Gasteiger partial charge in [0, 0.05) is 24.3 Å². The first kappa shape index (κ1) is 12.0. The van der Waals surface area contributed by atoms with Crippen LogP contribution in [0.4, 0.5) is 23.3 Å². The molecule has 2 heterocycles. The van der Waals surface area contributed by atoms with Crippen LogP contribution in [0.25, 0.3) is 0 Å². The van der Waals surface area contributed by atoms with Crippen molar-refractivity contribution in [3.8, 4) is 0 Å². The van der Waals surface area contributed by atoms with Gasteiger partial charge in [-0.3, -0.25) is 4.98 Å². The van der Waals surface area contributed by atoms with Gasteiger partial charge in [-0.25, -0.2) is 9.97 Å². The molecule has 6 heteroatoms. The largest absolute Gasteiger partial charge is 0.340 e. The van der Waals surface area contributed by atoms with E-state index in [4.69, 9.17) is 0 Å². The Bertz CT molecular complexity index is 615. The van der Waals surface area contributed by atoms with Crippen LogP contribution in [-0.2, 0) is 0 Å². The third-order valence-electron chi connectivity index (χ3n) is 2.50. The number of nitrogens with zero attached hydrogens (tertiary/aromatic N) is 4. The van der Waals surface area contributed by atoms with E-state index >= 15 is 0 Å². The molecule has 0 radical (unpaired) electrons. The number of hydrogen-bond donors (Lipinski definition) is 2. The SMILES string of the molecule is c1ccc(Nc2ccnc(Nc3cnccn3)n2)cc1. The van der Waals surface area contributed by atoms with Crippen LogP contribution < -0.4 is 10.6 Å². The third-order valence-corrected chi connectivity index (χ3v) is 2.50. The fraction of sp³-hybridized carbons (Fsp3) is 0. The van der Waals surface area contributed by atoms with Crippen molar-refractivity contribution in [2.75, 3.05) is 10.6 Å². The lowest BCUT2D eigenvalue weighted by Crippen LogP contribution is -2.01. The maximum atomic E-state index is 4.36. The molecule has 0 bridgehead atoms. The zero-order chi connectivity index (χ0) is 13.6. The van der Waals surface area contributed by atoms with Gasteiger partial charge in [0.15, 0.2) is 5.82 Å². The molecule has 0 spiro atoms. The van der Waals surface area contributed by atoms with Crippen molar-refractivity contribution in [3.63, 3.8) is 0 Å². The minimum absolute atomic E-state index is 0.464. The summed E-state index contributed by atoms with van der Waals surface area (Å²) >= 11 is 0. The molecule has 98 valence electrons. The zero-order valence-corrected chi connectivity index (χ0v) is 10.6. The quantitative estimate of drug-likeness (QED) is 0.754. The van der Waals surface area contributed by atoms with E-state index in [1.807, 2.05) is 30.3 Å². The molecule has 2 N–H and O–H groups in total. The van der Waals surface area contributed by atoms with Gasteiger partial charge in [0.1, 0.15) is 5.82 Å². The highest BCUT2D eigenvalue weighted by molar-refractivity contribution is 5.57. The first-order chi connectivity index (χ1) is 9.90. The molecule has 20 heavy (non-hydrogen) atoms. The van der Waals surface area contributed by atoms with Crippen molar-refractivity contribution in [3.05, 3.63) is 61.2 Å². The molecule has 0 aliphatic rings. The standard InChI is InChI=1S/C14H12N6/c1-2-4-11(5-3-1)18-12-6-7-17-14(19-12)20-13-10-15-8-9-16-13/h1-10H,(H2,16,17,18,19,20). The van der Waals surface area contributed by atoms with Gasteiger partial charge in [0.05, 0.1) is 6.20 Å². The molecule has 0 unspecified atom stereocenters. The van der Waals surface area contributed by atoms with Crippen molar-refractivity contribution in [1.29, 1.82) is 0 Å². The lowest BCUT2D eigenvalue weighted by Gasteiger charge is -2.07. The number of rotatable bonds is 4. The fourth-order valence-corrected chi connectivity index (χ4v) is 1.64. The number of anilines is 4. The molecule has 3 rings (SSSR count). The summed E-state index contributed by atoms with van der Waals surface area (Å²) in [6, 6.07) is 11.6. The Morgan fingerprint density at radius 1 is 0.750 bits per heavy atom. The Kier molecular flexibility index (Phi) is 3.46. The molecule has 0 amide bonds. The monoisotopic (exact) mass is 264 g/mol. The smallest absolute Gasteiger partial charge is 0.230 e. The number of para-hydroxylation sites is 1. The predicted octanol–water partition coefficient (Wildman–Crippen LogP) is 2.75. The van der Waals surface area contributed by atoms with E-state index < -0.39 is 0 Å². The molecule has 0 atom stereocenters. The Morgan fingerprint density at radius 3 is 2.45 bits per heavy atom. The molecule has 0 saturated carbocycles. The normalized spacial score (nSPS) is 10.0. The number of aromatic nitrogens is 4. The summed E-state index contributed by atoms with van der Waals surface area (Å²) in [5.41, 5.74) is 0.969. The molecule has 3 aromatic rings. The molecule has 6 nitrogen and oxygen atoms in total. The number of benzene rings is 1. The minimum atomic E-state index is 0.464. The van der Waals surface area contributed by atoms with Crippen LogP contribution in [-0.4, -0.2) is 19.9 Å². The van der Waals surface area contributed by atoms with Crippen LogP contribution in [0.2, 0.25) is 0 Å². The fourth-order valence-electron chi connectivity index (χ4n) is 1.64. The molecular formula is C14H12N6. The highest BCUT2D eigenvalue weighted by Gasteiger charge is 2.01. The van der Waals surface area contributed by atoms with E-state index in [1.54, 1.807) is 30.9 Å². The summed E-state index contributed by atoms with van der Waals surface area (Å²) < 4.78 is 0. The van der Waals surface area contributed by atoms with Gasteiger partial charge in [-0.1, -0.05) is 18.2 Å². The maximum absolute atomic E-state index is 4.36. The first-order valence-electron chi connectivity index (χ1n) is 6.08. The lowest BCUT2D eigenvalue weighted by molar-refractivity contribution is 1.13. The van der Waals surface area contributed by atoms with Crippen molar-refractivity contribution >= 4 is 23.3 Å². The van der Waals surface area contributed by atoms with Crippen molar-refractivity contribution in [2.45, 2.75) is 0 Å². The predicted molar refractivity (Wildman–Crippen MR) is 77.1 cm³/mol. The van der Waals surface area contributed by atoms with Crippen molar-refractivity contribution < 1.29 is 0 Å². The first-order valence-corrected chi connectivity index (χ1v) is 6.08. The van der Waals surface area contributed by atoms with Crippen LogP contribution in [0.1, 0.15) is 0 Å². The summed E-state index contributed by atoms with van der Waals surface area (Å²) in [6.07, 6.45) is 6.51. The van der Waals surface area contributed by atoms with Gasteiger partial charge in [-0.05, 0) is 18.2 Å². The molecule has 0 saturated heterocycles. The average Bonchev–Trinajstić information content (AvgIpc) is 2.50. The average molecular weight is 264 g/mol. The topological polar surface area (TPSA) is 75.6 Å². The maximum Gasteiger partial charge on any atom is 0.230 e. The van der Waals surface area contributed by atoms with Crippen LogP contribution >= 0.6 is 0 Å². The molecule has 0 aliphatic heterocycles. The second kappa shape index (κ2) is 5.75. The van der Waals surface area contributed by atoms with E-state index in [0.29, 0.717) is 17.6 Å². The van der Waals surface area contributed by atoms with Crippen molar-refractivity contribution in [2.24, 2.45) is 0 Å². The summed E-state index contributed by atoms with van der Waals surface area (Å²) in [7, 11) is 0. The summed E-state index contributed by atoms with van der Waals surface area (Å²) in [6.45, 7) is 0. The number of nitrogens with one attached hydrogen (secondary N) is 2. The lowest BCUT2D eigenvalue weighted by atomic mass is 10.3.